The van der Waals surface area contributed by atoms with Crippen molar-refractivity contribution in [2.45, 2.75) is 32.9 Å². The molecule has 0 saturated carbocycles. The van der Waals surface area contributed by atoms with Crippen molar-refractivity contribution in [3.63, 3.8) is 0 Å². The summed E-state index contributed by atoms with van der Waals surface area (Å²) in [6, 6.07) is 16.1. The van der Waals surface area contributed by atoms with Gasteiger partial charge in [-0.15, -0.1) is 11.3 Å². The Labute approximate surface area is 190 Å². The van der Waals surface area contributed by atoms with E-state index in [9.17, 15) is 4.79 Å². The van der Waals surface area contributed by atoms with E-state index in [2.05, 4.69) is 38.6 Å². The van der Waals surface area contributed by atoms with Gasteiger partial charge in [-0.1, -0.05) is 18.2 Å². The predicted octanol–water partition coefficient (Wildman–Crippen LogP) is 4.75. The van der Waals surface area contributed by atoms with Crippen LogP contribution in [-0.2, 0) is 4.79 Å². The molecule has 0 aliphatic heterocycles. The number of amides is 1. The van der Waals surface area contributed by atoms with Crippen LogP contribution >= 0.6 is 11.3 Å². The Kier molecular flexibility index (Phi) is 6.61. The van der Waals surface area contributed by atoms with Gasteiger partial charge >= 0.3 is 0 Å². The lowest BCUT2D eigenvalue weighted by Gasteiger charge is -2.18. The topological polar surface area (TPSA) is 89.0 Å². The van der Waals surface area contributed by atoms with E-state index in [1.165, 1.54) is 0 Å². The molecule has 2 heterocycles. The number of hydrogen-bond donors (Lipinski definition) is 2. The standard InChI is InChI=1S/C24H25N5O2S/c1-15(12-25-13-30)31-20-6-4-5-18(9-20)16(2)27-24-11-22(28-17(3)29-24)19-7-8-21-23(10-19)32-14-26-21/h4-11,13-16H,12H2,1-3H3,(H,25,30)(H,27,28,29). The highest BCUT2D eigenvalue weighted by Gasteiger charge is 2.12. The van der Waals surface area contributed by atoms with Gasteiger partial charge in [0.25, 0.3) is 0 Å². The minimum atomic E-state index is -0.123. The molecule has 4 rings (SSSR count). The van der Waals surface area contributed by atoms with Crippen LogP contribution in [0, 0.1) is 6.92 Å². The fourth-order valence-electron chi connectivity index (χ4n) is 3.45. The molecule has 7 nitrogen and oxygen atoms in total. The third-order valence-electron chi connectivity index (χ3n) is 5.01. The van der Waals surface area contributed by atoms with E-state index in [1.807, 2.05) is 61.8 Å². The number of anilines is 1. The third-order valence-corrected chi connectivity index (χ3v) is 5.81. The highest BCUT2D eigenvalue weighted by Crippen LogP contribution is 2.28. The number of aromatic nitrogens is 3. The van der Waals surface area contributed by atoms with E-state index in [0.717, 1.165) is 38.6 Å². The van der Waals surface area contributed by atoms with Gasteiger partial charge in [0.1, 0.15) is 23.5 Å². The molecule has 2 aromatic heterocycles. The molecule has 0 aliphatic carbocycles. The molecule has 0 saturated heterocycles. The number of nitrogens with one attached hydrogen (secondary N) is 2. The maximum Gasteiger partial charge on any atom is 0.207 e. The van der Waals surface area contributed by atoms with Crippen LogP contribution in [0.3, 0.4) is 0 Å². The Morgan fingerprint density at radius 2 is 2.00 bits per heavy atom. The van der Waals surface area contributed by atoms with E-state index >= 15 is 0 Å². The number of rotatable bonds is 9. The molecule has 0 bridgehead atoms. The molecule has 2 unspecified atom stereocenters. The summed E-state index contributed by atoms with van der Waals surface area (Å²) < 4.78 is 7.04. The van der Waals surface area contributed by atoms with Gasteiger partial charge in [-0.05, 0) is 50.6 Å². The third kappa shape index (κ3) is 5.20. The van der Waals surface area contributed by atoms with E-state index in [1.54, 1.807) is 11.3 Å². The Morgan fingerprint density at radius 3 is 2.84 bits per heavy atom. The van der Waals surface area contributed by atoms with Crippen LogP contribution in [0.5, 0.6) is 5.75 Å². The SMILES string of the molecule is Cc1nc(NC(C)c2cccc(OC(C)CNC=O)c2)cc(-c2ccc3ncsc3c2)n1. The first kappa shape index (κ1) is 21.7. The summed E-state index contributed by atoms with van der Waals surface area (Å²) in [5.41, 5.74) is 5.83. The van der Waals surface area contributed by atoms with Gasteiger partial charge in [0.2, 0.25) is 6.41 Å². The summed E-state index contributed by atoms with van der Waals surface area (Å²) in [5, 5.41) is 6.12. The van der Waals surface area contributed by atoms with Gasteiger partial charge in [-0.3, -0.25) is 4.79 Å². The number of carbonyl (C=O) groups excluding carboxylic acids is 1. The first-order valence-electron chi connectivity index (χ1n) is 10.4. The van der Waals surface area contributed by atoms with Crippen LogP contribution in [0.1, 0.15) is 31.3 Å². The van der Waals surface area contributed by atoms with Gasteiger partial charge in [0.15, 0.2) is 0 Å². The molecule has 0 spiro atoms. The zero-order valence-corrected chi connectivity index (χ0v) is 19.0. The van der Waals surface area contributed by atoms with Crippen LogP contribution in [0.25, 0.3) is 21.5 Å². The molecular formula is C24H25N5O2S. The van der Waals surface area contributed by atoms with Crippen LogP contribution in [0.2, 0.25) is 0 Å². The predicted molar refractivity (Wildman–Crippen MR) is 128 cm³/mol. The average Bonchev–Trinajstić information content (AvgIpc) is 3.25. The van der Waals surface area contributed by atoms with Crippen molar-refractivity contribution < 1.29 is 9.53 Å². The maximum atomic E-state index is 10.5. The molecule has 32 heavy (non-hydrogen) atoms. The molecule has 4 aromatic rings. The zero-order chi connectivity index (χ0) is 22.5. The molecule has 1 amide bonds. The van der Waals surface area contributed by atoms with Gasteiger partial charge < -0.3 is 15.4 Å². The lowest BCUT2D eigenvalue weighted by Crippen LogP contribution is -2.27. The highest BCUT2D eigenvalue weighted by molar-refractivity contribution is 7.16. The zero-order valence-electron chi connectivity index (χ0n) is 18.2. The summed E-state index contributed by atoms with van der Waals surface area (Å²) in [6.45, 7) is 6.35. The fourth-order valence-corrected chi connectivity index (χ4v) is 4.17. The molecule has 0 radical (unpaired) electrons. The van der Waals surface area contributed by atoms with E-state index in [4.69, 9.17) is 4.74 Å². The smallest absolute Gasteiger partial charge is 0.207 e. The number of hydrogen-bond acceptors (Lipinski definition) is 7. The monoisotopic (exact) mass is 447 g/mol. The molecular weight excluding hydrogens is 422 g/mol. The molecule has 0 fully saturated rings. The van der Waals surface area contributed by atoms with E-state index in [-0.39, 0.29) is 12.1 Å². The highest BCUT2D eigenvalue weighted by atomic mass is 32.1. The number of ether oxygens (including phenoxy) is 1. The average molecular weight is 448 g/mol. The number of carbonyl (C=O) groups is 1. The van der Waals surface area contributed by atoms with Gasteiger partial charge in [-0.25, -0.2) is 15.0 Å². The first-order valence-corrected chi connectivity index (χ1v) is 11.3. The van der Waals surface area contributed by atoms with Gasteiger partial charge in [0.05, 0.1) is 34.0 Å². The summed E-state index contributed by atoms with van der Waals surface area (Å²) in [7, 11) is 0. The number of thiazole rings is 1. The maximum absolute atomic E-state index is 10.5. The minimum absolute atomic E-state index is 0.00748. The van der Waals surface area contributed by atoms with Crippen molar-refractivity contribution in [3.05, 3.63) is 65.4 Å². The minimum Gasteiger partial charge on any atom is -0.489 e. The van der Waals surface area contributed by atoms with Crippen molar-refractivity contribution >= 4 is 33.8 Å². The lowest BCUT2D eigenvalue weighted by molar-refractivity contribution is -0.109. The molecule has 2 aromatic carbocycles. The molecule has 164 valence electrons. The lowest BCUT2D eigenvalue weighted by atomic mass is 10.1. The molecule has 8 heteroatoms. The second kappa shape index (κ2) is 9.74. The normalized spacial score (nSPS) is 12.8. The Hall–Kier alpha value is -3.52. The molecule has 0 aliphatic rings. The Morgan fingerprint density at radius 1 is 1.12 bits per heavy atom. The summed E-state index contributed by atoms with van der Waals surface area (Å²) in [6.07, 6.45) is 0.553. The van der Waals surface area contributed by atoms with E-state index in [0.29, 0.717) is 18.8 Å². The van der Waals surface area contributed by atoms with Crippen molar-refractivity contribution in [2.75, 3.05) is 11.9 Å². The first-order chi connectivity index (χ1) is 15.5. The fraction of sp³-hybridized carbons (Fsp3) is 0.250. The summed E-state index contributed by atoms with van der Waals surface area (Å²) in [4.78, 5) is 24.0. The van der Waals surface area contributed by atoms with Crippen molar-refractivity contribution in [1.82, 2.24) is 20.3 Å². The number of benzene rings is 2. The quantitative estimate of drug-likeness (QED) is 0.360. The van der Waals surface area contributed by atoms with E-state index < -0.39 is 0 Å². The van der Waals surface area contributed by atoms with Crippen LogP contribution in [-0.4, -0.2) is 34.0 Å². The van der Waals surface area contributed by atoms with Crippen molar-refractivity contribution in [3.8, 4) is 17.0 Å². The second-order valence-electron chi connectivity index (χ2n) is 7.61. The van der Waals surface area contributed by atoms with Crippen LogP contribution in [0.4, 0.5) is 5.82 Å². The summed E-state index contributed by atoms with van der Waals surface area (Å²) >= 11 is 1.62. The van der Waals surface area contributed by atoms with Crippen molar-refractivity contribution in [1.29, 1.82) is 0 Å². The second-order valence-corrected chi connectivity index (χ2v) is 8.50. The largest absolute Gasteiger partial charge is 0.489 e. The molecule has 2 atom stereocenters. The number of nitrogens with zero attached hydrogens (tertiary/aromatic N) is 3. The number of fused-ring (bicyclic) bond motifs is 1. The van der Waals surface area contributed by atoms with Gasteiger partial charge in [-0.2, -0.15) is 0 Å². The van der Waals surface area contributed by atoms with Crippen LogP contribution < -0.4 is 15.4 Å². The van der Waals surface area contributed by atoms with Gasteiger partial charge in [0, 0.05) is 11.6 Å². The van der Waals surface area contributed by atoms with Crippen LogP contribution in [0.15, 0.2) is 54.0 Å². The Balaban J connectivity index is 1.51. The molecule has 2 N–H and O–H groups in total. The Bertz CT molecular complexity index is 1230. The summed E-state index contributed by atoms with van der Waals surface area (Å²) in [5.74, 6) is 2.23. The number of aryl methyl sites for hydroxylation is 1. The van der Waals surface area contributed by atoms with Crippen molar-refractivity contribution in [2.24, 2.45) is 0 Å².